The number of benzene rings is 2. The van der Waals surface area contributed by atoms with E-state index in [1.165, 1.54) is 6.92 Å². The number of alkyl halides is 1. The molecule has 0 saturated heterocycles. The molecule has 1 amide bonds. The van der Waals surface area contributed by atoms with Crippen LogP contribution in [0.25, 0.3) is 0 Å². The fourth-order valence-electron chi connectivity index (χ4n) is 3.15. The third kappa shape index (κ3) is 5.36. The maximum Gasteiger partial charge on any atom is 0.408 e. The molecule has 2 aromatic carbocycles. The van der Waals surface area contributed by atoms with Crippen LogP contribution in [-0.2, 0) is 20.9 Å². The lowest BCUT2D eigenvalue weighted by atomic mass is 9.90. The highest BCUT2D eigenvalue weighted by Crippen LogP contribution is 2.45. The van der Waals surface area contributed by atoms with E-state index in [2.05, 4.69) is 27.3 Å². The molecule has 1 aliphatic heterocycles. The Morgan fingerprint density at radius 1 is 1.26 bits per heavy atom. The fourth-order valence-corrected chi connectivity index (χ4v) is 3.63. The molecule has 1 aliphatic rings. The summed E-state index contributed by atoms with van der Waals surface area (Å²) >= 11 is 3.57. The number of nitriles is 1. The van der Waals surface area contributed by atoms with Crippen molar-refractivity contribution in [2.24, 2.45) is 0 Å². The summed E-state index contributed by atoms with van der Waals surface area (Å²) in [4.78, 5) is 24.4. The van der Waals surface area contributed by atoms with Crippen LogP contribution in [0.5, 0.6) is 5.75 Å². The van der Waals surface area contributed by atoms with E-state index in [1.807, 2.05) is 44.2 Å². The number of nitrogens with one attached hydrogen (secondary N) is 1. The Labute approximate surface area is 189 Å². The highest BCUT2D eigenvalue weighted by molar-refractivity contribution is 9.09. The van der Waals surface area contributed by atoms with Crippen LogP contribution >= 0.6 is 15.9 Å². The summed E-state index contributed by atoms with van der Waals surface area (Å²) < 4.78 is 16.9. The lowest BCUT2D eigenvalue weighted by Gasteiger charge is -2.41. The lowest BCUT2D eigenvalue weighted by Crippen LogP contribution is -2.48. The molecule has 1 N–H and O–H groups in total. The topological polar surface area (TPSA) is 97.6 Å². The Bertz CT molecular complexity index is 1000. The molecule has 31 heavy (non-hydrogen) atoms. The molecule has 0 unspecified atom stereocenters. The lowest BCUT2D eigenvalue weighted by molar-refractivity contribution is -0.154. The first-order valence-corrected chi connectivity index (χ1v) is 10.7. The average Bonchev–Trinajstić information content (AvgIpc) is 2.75. The first-order chi connectivity index (χ1) is 14.7. The van der Waals surface area contributed by atoms with Gasteiger partial charge in [-0.3, -0.25) is 0 Å². The van der Waals surface area contributed by atoms with Crippen molar-refractivity contribution in [3.05, 3.63) is 65.2 Å². The molecule has 1 heterocycles. The molecule has 0 fully saturated rings. The van der Waals surface area contributed by atoms with E-state index < -0.39 is 29.8 Å². The second-order valence-corrected chi connectivity index (χ2v) is 8.74. The second kappa shape index (κ2) is 9.40. The molecule has 7 nitrogen and oxygen atoms in total. The molecule has 0 spiro atoms. The van der Waals surface area contributed by atoms with E-state index in [1.54, 1.807) is 18.2 Å². The molecule has 8 heteroatoms. The molecule has 2 aromatic rings. The number of hydrogen-bond acceptors (Lipinski definition) is 6. The van der Waals surface area contributed by atoms with Gasteiger partial charge in [-0.1, -0.05) is 46.3 Å². The molecule has 0 aromatic heterocycles. The van der Waals surface area contributed by atoms with Crippen LogP contribution in [0.2, 0.25) is 0 Å². The van der Waals surface area contributed by atoms with Crippen LogP contribution in [0, 0.1) is 11.3 Å². The average molecular weight is 487 g/mol. The zero-order chi connectivity index (χ0) is 22.6. The SMILES string of the molecule is C[C@H](NC(=O)OCc1ccccc1)C(=O)O[C@H]1c2cc(C#N)ccc2OC(C)(C)[C@@H]1Br. The van der Waals surface area contributed by atoms with Gasteiger partial charge in [0.2, 0.25) is 0 Å². The Morgan fingerprint density at radius 3 is 2.65 bits per heavy atom. The highest BCUT2D eigenvalue weighted by Gasteiger charge is 2.45. The van der Waals surface area contributed by atoms with Crippen molar-refractivity contribution >= 4 is 28.0 Å². The number of esters is 1. The van der Waals surface area contributed by atoms with Crippen LogP contribution in [0.1, 0.15) is 43.6 Å². The number of amides is 1. The third-order valence-corrected chi connectivity index (χ3v) is 6.47. The standard InChI is InChI=1S/C23H23BrN2O5/c1-14(26-22(28)29-13-15-7-5-4-6-8-15)21(27)30-19-17-11-16(12-25)9-10-18(17)31-23(2,3)20(19)24/h4-11,14,19-20H,13H2,1-3H3,(H,26,28)/t14-,19-,20+/m0/s1. The van der Waals surface area contributed by atoms with Crippen molar-refractivity contribution in [1.82, 2.24) is 5.32 Å². The minimum atomic E-state index is -0.934. The molecule has 0 radical (unpaired) electrons. The van der Waals surface area contributed by atoms with Gasteiger partial charge in [-0.2, -0.15) is 5.26 Å². The van der Waals surface area contributed by atoms with Crippen molar-refractivity contribution in [2.45, 2.75) is 50.0 Å². The molecular formula is C23H23BrN2O5. The summed E-state index contributed by atoms with van der Waals surface area (Å²) in [5, 5.41) is 11.7. The van der Waals surface area contributed by atoms with Gasteiger partial charge < -0.3 is 19.5 Å². The van der Waals surface area contributed by atoms with Gasteiger partial charge in [-0.25, -0.2) is 9.59 Å². The Morgan fingerprint density at radius 2 is 1.97 bits per heavy atom. The summed E-state index contributed by atoms with van der Waals surface area (Å²) in [6.07, 6.45) is -1.42. The van der Waals surface area contributed by atoms with Crippen LogP contribution in [-0.4, -0.2) is 28.5 Å². The molecule has 3 rings (SSSR count). The molecule has 0 aliphatic carbocycles. The smallest absolute Gasteiger partial charge is 0.408 e. The number of carbonyl (C=O) groups excluding carboxylic acids is 2. The number of alkyl carbamates (subject to hydrolysis) is 1. The van der Waals surface area contributed by atoms with Crippen LogP contribution < -0.4 is 10.1 Å². The number of hydrogen-bond donors (Lipinski definition) is 1. The van der Waals surface area contributed by atoms with E-state index in [9.17, 15) is 14.9 Å². The van der Waals surface area contributed by atoms with Gasteiger partial charge in [0.15, 0.2) is 0 Å². The Kier molecular flexibility index (Phi) is 6.86. The summed E-state index contributed by atoms with van der Waals surface area (Å²) in [5.41, 5.74) is 1.19. The minimum Gasteiger partial charge on any atom is -0.486 e. The van der Waals surface area contributed by atoms with E-state index >= 15 is 0 Å². The van der Waals surface area contributed by atoms with E-state index in [-0.39, 0.29) is 11.4 Å². The Balaban J connectivity index is 1.67. The number of halogens is 1. The zero-order valence-corrected chi connectivity index (χ0v) is 19.0. The maximum atomic E-state index is 12.7. The van der Waals surface area contributed by atoms with E-state index in [4.69, 9.17) is 14.2 Å². The molecule has 0 bridgehead atoms. The number of rotatable bonds is 5. The largest absolute Gasteiger partial charge is 0.486 e. The number of carbonyl (C=O) groups is 2. The van der Waals surface area contributed by atoms with Gasteiger partial charge in [0.1, 0.15) is 30.1 Å². The number of nitrogens with zero attached hydrogens (tertiary/aromatic N) is 1. The Hall–Kier alpha value is -3.05. The number of ether oxygens (including phenoxy) is 3. The van der Waals surface area contributed by atoms with Crippen molar-refractivity contribution in [2.75, 3.05) is 0 Å². The monoisotopic (exact) mass is 486 g/mol. The van der Waals surface area contributed by atoms with Crippen LogP contribution in [0.15, 0.2) is 48.5 Å². The van der Waals surface area contributed by atoms with Gasteiger partial charge in [0.05, 0.1) is 16.5 Å². The van der Waals surface area contributed by atoms with Crippen molar-refractivity contribution in [3.8, 4) is 11.8 Å². The molecule has 162 valence electrons. The fraction of sp³-hybridized carbons (Fsp3) is 0.348. The van der Waals surface area contributed by atoms with Crippen LogP contribution in [0.3, 0.4) is 0 Å². The van der Waals surface area contributed by atoms with Crippen LogP contribution in [0.4, 0.5) is 4.79 Å². The molecule has 3 atom stereocenters. The first kappa shape index (κ1) is 22.6. The minimum absolute atomic E-state index is 0.0936. The molecule has 0 saturated carbocycles. The van der Waals surface area contributed by atoms with Crippen molar-refractivity contribution in [1.29, 1.82) is 5.26 Å². The predicted octanol–water partition coefficient (Wildman–Crippen LogP) is 4.39. The highest BCUT2D eigenvalue weighted by atomic mass is 79.9. The maximum absolute atomic E-state index is 12.7. The van der Waals surface area contributed by atoms with Crippen molar-refractivity contribution < 1.29 is 23.8 Å². The van der Waals surface area contributed by atoms with Gasteiger partial charge in [-0.05, 0) is 44.5 Å². The van der Waals surface area contributed by atoms with Gasteiger partial charge in [0.25, 0.3) is 0 Å². The summed E-state index contributed by atoms with van der Waals surface area (Å²) in [5.74, 6) is -0.0856. The van der Waals surface area contributed by atoms with E-state index in [0.717, 1.165) is 5.56 Å². The first-order valence-electron chi connectivity index (χ1n) is 9.76. The number of fused-ring (bicyclic) bond motifs is 1. The summed E-state index contributed by atoms with van der Waals surface area (Å²) in [6.45, 7) is 5.36. The third-order valence-electron chi connectivity index (χ3n) is 4.89. The summed E-state index contributed by atoms with van der Waals surface area (Å²) in [6, 6.07) is 15.4. The van der Waals surface area contributed by atoms with Gasteiger partial charge in [-0.15, -0.1) is 0 Å². The zero-order valence-electron chi connectivity index (χ0n) is 17.4. The normalized spacial score (nSPS) is 19.7. The quantitative estimate of drug-likeness (QED) is 0.496. The van der Waals surface area contributed by atoms with Gasteiger partial charge in [0, 0.05) is 5.56 Å². The van der Waals surface area contributed by atoms with Crippen molar-refractivity contribution in [3.63, 3.8) is 0 Å². The van der Waals surface area contributed by atoms with E-state index in [0.29, 0.717) is 16.9 Å². The second-order valence-electron chi connectivity index (χ2n) is 7.76. The summed E-state index contributed by atoms with van der Waals surface area (Å²) in [7, 11) is 0. The van der Waals surface area contributed by atoms with Gasteiger partial charge >= 0.3 is 12.1 Å². The predicted molar refractivity (Wildman–Crippen MR) is 117 cm³/mol. The molecular weight excluding hydrogens is 464 g/mol.